The third-order valence-corrected chi connectivity index (χ3v) is 6.74. The molecule has 0 spiro atoms. The molecule has 2 fully saturated rings. The zero-order chi connectivity index (χ0) is 23.1. The van der Waals surface area contributed by atoms with Crippen molar-refractivity contribution >= 4 is 5.91 Å². The molecule has 8 heteroatoms. The summed E-state index contributed by atoms with van der Waals surface area (Å²) in [5.41, 5.74) is -3.37. The lowest BCUT2D eigenvalue weighted by molar-refractivity contribution is -0.258. The van der Waals surface area contributed by atoms with Crippen LogP contribution in [-0.4, -0.2) is 44.3 Å². The lowest BCUT2D eigenvalue weighted by atomic mass is 9.79. The molecule has 2 N–H and O–H groups in total. The minimum absolute atomic E-state index is 0.0445. The summed E-state index contributed by atoms with van der Waals surface area (Å²) in [7, 11) is 0. The fraction of sp³-hybridized carbons (Fsp3) is 0.500. The van der Waals surface area contributed by atoms with Crippen LogP contribution in [0.3, 0.4) is 0 Å². The van der Waals surface area contributed by atoms with Crippen LogP contribution in [-0.2, 0) is 11.2 Å². The van der Waals surface area contributed by atoms with Gasteiger partial charge >= 0.3 is 6.18 Å². The normalized spacial score (nSPS) is 25.8. The second kappa shape index (κ2) is 8.15. The van der Waals surface area contributed by atoms with Crippen molar-refractivity contribution in [3.8, 4) is 0 Å². The molecule has 2 aliphatic carbocycles. The molecule has 0 unspecified atom stereocenters. The van der Waals surface area contributed by atoms with E-state index in [9.17, 15) is 28.2 Å². The Labute approximate surface area is 184 Å². The number of carbonyl (C=O) groups is 1. The van der Waals surface area contributed by atoms with Gasteiger partial charge in [-0.15, -0.1) is 0 Å². The molecular weight excluding hydrogens is 421 g/mol. The summed E-state index contributed by atoms with van der Waals surface area (Å²) in [5, 5.41) is 20.9. The number of halogens is 3. The highest BCUT2D eigenvalue weighted by Gasteiger charge is 2.51. The first-order valence-corrected chi connectivity index (χ1v) is 10.9. The third kappa shape index (κ3) is 4.26. The Morgan fingerprint density at radius 2 is 1.62 bits per heavy atom. The average Bonchev–Trinajstić information content (AvgIpc) is 3.60. The second-order valence-electron chi connectivity index (χ2n) is 9.07. The number of carbonyl (C=O) groups excluding carboxylic acids is 1. The number of hydrogen-bond donors (Lipinski definition) is 2. The van der Waals surface area contributed by atoms with Gasteiger partial charge in [-0.3, -0.25) is 9.78 Å². The number of pyridine rings is 1. The Bertz CT molecular complexity index is 949. The zero-order valence-electron chi connectivity index (χ0n) is 17.8. The number of rotatable bonds is 5. The highest BCUT2D eigenvalue weighted by Crippen LogP contribution is 2.42. The van der Waals surface area contributed by atoms with E-state index in [0.717, 1.165) is 25.0 Å². The molecule has 0 radical (unpaired) electrons. The van der Waals surface area contributed by atoms with Crippen LogP contribution in [0.15, 0.2) is 48.7 Å². The van der Waals surface area contributed by atoms with E-state index in [1.54, 1.807) is 12.3 Å². The summed E-state index contributed by atoms with van der Waals surface area (Å²) in [5.74, 6) is -0.223. The molecule has 1 aromatic carbocycles. The minimum Gasteiger partial charge on any atom is -0.384 e. The van der Waals surface area contributed by atoms with Crippen molar-refractivity contribution in [2.45, 2.75) is 74.9 Å². The first-order valence-electron chi connectivity index (χ1n) is 10.9. The average molecular weight is 448 g/mol. The van der Waals surface area contributed by atoms with E-state index in [4.69, 9.17) is 0 Å². The molecule has 32 heavy (non-hydrogen) atoms. The monoisotopic (exact) mass is 448 g/mol. The van der Waals surface area contributed by atoms with E-state index in [1.165, 1.54) is 12.1 Å². The SMILES string of the molecule is C[C@](O)(c1ccc(C(=O)N(C2CC2)C2CCC(O)(c3ccccn3)CC2)cc1)C(F)(F)F. The van der Waals surface area contributed by atoms with Crippen molar-refractivity contribution in [1.29, 1.82) is 0 Å². The van der Waals surface area contributed by atoms with Gasteiger partial charge in [0, 0.05) is 23.8 Å². The molecule has 0 saturated heterocycles. The van der Waals surface area contributed by atoms with E-state index in [2.05, 4.69) is 4.98 Å². The maximum Gasteiger partial charge on any atom is 0.421 e. The summed E-state index contributed by atoms with van der Waals surface area (Å²) in [4.78, 5) is 19.4. The number of hydrogen-bond acceptors (Lipinski definition) is 4. The van der Waals surface area contributed by atoms with Crippen molar-refractivity contribution in [3.05, 3.63) is 65.5 Å². The maximum absolute atomic E-state index is 13.3. The van der Waals surface area contributed by atoms with Crippen LogP contribution in [0.4, 0.5) is 13.2 Å². The molecule has 1 heterocycles. The standard InChI is InChI=1S/C24H27F3N2O3/c1-22(31,24(25,26)27)17-7-5-16(6-8-17)21(30)29(18-9-10-18)19-11-13-23(32,14-12-19)20-4-2-3-15-28-20/h2-8,15,18-19,31-32H,9-14H2,1H3/t19?,22-,23?/m0/s1. The topological polar surface area (TPSA) is 73.7 Å². The Hall–Kier alpha value is -2.45. The van der Waals surface area contributed by atoms with Gasteiger partial charge in [-0.25, -0.2) is 0 Å². The molecule has 2 saturated carbocycles. The van der Waals surface area contributed by atoms with Crippen LogP contribution in [0.5, 0.6) is 0 Å². The van der Waals surface area contributed by atoms with Crippen molar-refractivity contribution in [1.82, 2.24) is 9.88 Å². The molecule has 1 aromatic heterocycles. The second-order valence-corrected chi connectivity index (χ2v) is 9.07. The van der Waals surface area contributed by atoms with Gasteiger partial charge in [0.05, 0.1) is 5.69 Å². The number of aromatic nitrogens is 1. The van der Waals surface area contributed by atoms with Crippen LogP contribution in [0.25, 0.3) is 0 Å². The quantitative estimate of drug-likeness (QED) is 0.716. The Morgan fingerprint density at radius 1 is 1.03 bits per heavy atom. The van der Waals surface area contributed by atoms with Gasteiger partial charge in [0.15, 0.2) is 5.60 Å². The molecule has 172 valence electrons. The van der Waals surface area contributed by atoms with Gasteiger partial charge in [0.1, 0.15) is 5.60 Å². The van der Waals surface area contributed by atoms with Crippen LogP contribution in [0.1, 0.15) is 67.1 Å². The molecule has 2 aliphatic rings. The van der Waals surface area contributed by atoms with Gasteiger partial charge in [0.2, 0.25) is 0 Å². The van der Waals surface area contributed by atoms with Gasteiger partial charge in [0.25, 0.3) is 5.91 Å². The first-order chi connectivity index (χ1) is 15.0. The summed E-state index contributed by atoms with van der Waals surface area (Å²) in [6.45, 7) is 0.699. The fourth-order valence-corrected chi connectivity index (χ4v) is 4.49. The Balaban J connectivity index is 1.49. The van der Waals surface area contributed by atoms with Crippen molar-refractivity contribution < 1.29 is 28.2 Å². The predicted octanol–water partition coefficient (Wildman–Crippen LogP) is 4.29. The number of benzene rings is 1. The Kier molecular flexibility index (Phi) is 5.79. The lowest BCUT2D eigenvalue weighted by Gasteiger charge is -2.41. The van der Waals surface area contributed by atoms with E-state index in [0.29, 0.717) is 43.9 Å². The van der Waals surface area contributed by atoms with E-state index in [-0.39, 0.29) is 23.6 Å². The smallest absolute Gasteiger partial charge is 0.384 e. The highest BCUT2D eigenvalue weighted by molar-refractivity contribution is 5.95. The number of alkyl halides is 3. The third-order valence-electron chi connectivity index (χ3n) is 6.74. The van der Waals surface area contributed by atoms with Crippen molar-refractivity contribution in [3.63, 3.8) is 0 Å². The van der Waals surface area contributed by atoms with E-state index >= 15 is 0 Å². The number of amides is 1. The summed E-state index contributed by atoms with van der Waals surface area (Å²) in [6, 6.07) is 10.5. The minimum atomic E-state index is -4.81. The van der Waals surface area contributed by atoms with Gasteiger partial charge in [-0.2, -0.15) is 13.2 Å². The molecular formula is C24H27F3N2O3. The molecule has 1 amide bonds. The van der Waals surface area contributed by atoms with Gasteiger partial charge in [-0.1, -0.05) is 18.2 Å². The fourth-order valence-electron chi connectivity index (χ4n) is 4.49. The van der Waals surface area contributed by atoms with Crippen molar-refractivity contribution in [2.75, 3.05) is 0 Å². The maximum atomic E-state index is 13.3. The predicted molar refractivity (Wildman–Crippen MR) is 112 cm³/mol. The van der Waals surface area contributed by atoms with E-state index in [1.807, 2.05) is 17.0 Å². The van der Waals surface area contributed by atoms with Gasteiger partial charge < -0.3 is 15.1 Å². The van der Waals surface area contributed by atoms with Crippen LogP contribution < -0.4 is 0 Å². The zero-order valence-corrected chi connectivity index (χ0v) is 17.8. The van der Waals surface area contributed by atoms with Crippen LogP contribution in [0.2, 0.25) is 0 Å². The van der Waals surface area contributed by atoms with E-state index < -0.39 is 17.4 Å². The first kappa shape index (κ1) is 22.7. The Morgan fingerprint density at radius 3 is 2.12 bits per heavy atom. The summed E-state index contributed by atoms with van der Waals surface area (Å²) < 4.78 is 39.3. The molecule has 1 atom stereocenters. The molecule has 0 bridgehead atoms. The highest BCUT2D eigenvalue weighted by atomic mass is 19.4. The largest absolute Gasteiger partial charge is 0.421 e. The number of nitrogens with zero attached hydrogens (tertiary/aromatic N) is 2. The summed E-state index contributed by atoms with van der Waals surface area (Å²) in [6.07, 6.45) is 0.842. The van der Waals surface area contributed by atoms with Crippen LogP contribution >= 0.6 is 0 Å². The van der Waals surface area contributed by atoms with Gasteiger partial charge in [-0.05, 0) is 75.3 Å². The van der Waals surface area contributed by atoms with Crippen molar-refractivity contribution in [2.24, 2.45) is 0 Å². The molecule has 4 rings (SSSR count). The molecule has 5 nitrogen and oxygen atoms in total. The molecule has 2 aromatic rings. The lowest BCUT2D eigenvalue weighted by Crippen LogP contribution is -2.46. The van der Waals surface area contributed by atoms with Crippen LogP contribution in [0, 0.1) is 0 Å². The molecule has 0 aliphatic heterocycles. The summed E-state index contributed by atoms with van der Waals surface area (Å²) >= 11 is 0. The number of aliphatic hydroxyl groups is 2.